The molecular weight excluding hydrogens is 262 g/mol. The molecule has 112 valence electrons. The van der Waals surface area contributed by atoms with E-state index in [1.807, 2.05) is 7.05 Å². The summed E-state index contributed by atoms with van der Waals surface area (Å²) < 4.78 is 1.63. The minimum atomic E-state index is -0.0262. The van der Waals surface area contributed by atoms with Gasteiger partial charge in [0.15, 0.2) is 0 Å². The van der Waals surface area contributed by atoms with Crippen molar-refractivity contribution in [2.45, 2.75) is 32.9 Å². The van der Waals surface area contributed by atoms with Crippen LogP contribution in [0, 0.1) is 5.92 Å². The first-order valence-corrected chi connectivity index (χ1v) is 7.36. The van der Waals surface area contributed by atoms with Gasteiger partial charge in [-0.05, 0) is 30.5 Å². The molecule has 0 aliphatic heterocycles. The number of nitrogens with one attached hydrogen (secondary N) is 1. The summed E-state index contributed by atoms with van der Waals surface area (Å²) in [6, 6.07) is 10.2. The first-order valence-electron chi connectivity index (χ1n) is 7.36. The van der Waals surface area contributed by atoms with Gasteiger partial charge in [-0.25, -0.2) is 4.98 Å². The first kappa shape index (κ1) is 15.4. The molecule has 0 saturated heterocycles. The molecule has 2 rings (SSSR count). The molecule has 21 heavy (non-hydrogen) atoms. The Hall–Kier alpha value is -1.94. The molecule has 1 heterocycles. The Balaban J connectivity index is 2.14. The maximum absolute atomic E-state index is 11.8. The number of benzene rings is 1. The van der Waals surface area contributed by atoms with Gasteiger partial charge in [0, 0.05) is 18.8 Å². The Labute approximate surface area is 125 Å². The molecule has 0 fully saturated rings. The second kappa shape index (κ2) is 7.18. The zero-order valence-electron chi connectivity index (χ0n) is 12.9. The van der Waals surface area contributed by atoms with E-state index in [4.69, 9.17) is 0 Å². The van der Waals surface area contributed by atoms with Gasteiger partial charge in [0.2, 0.25) is 0 Å². The molecule has 1 unspecified atom stereocenters. The standard InChI is InChI=1S/C17H23N3O/c1-13(2)10-14-4-6-15(7-5-14)16(18-3)11-20-12-19-9-8-17(20)21/h4-9,12-13,16,18H,10-11H2,1-3H3. The summed E-state index contributed by atoms with van der Waals surface area (Å²) >= 11 is 0. The second-order valence-corrected chi connectivity index (χ2v) is 5.75. The van der Waals surface area contributed by atoms with Gasteiger partial charge >= 0.3 is 0 Å². The minimum absolute atomic E-state index is 0.0262. The molecule has 0 bridgehead atoms. The zero-order chi connectivity index (χ0) is 15.2. The van der Waals surface area contributed by atoms with E-state index in [-0.39, 0.29) is 11.6 Å². The molecule has 1 N–H and O–H groups in total. The molecule has 4 heteroatoms. The summed E-state index contributed by atoms with van der Waals surface area (Å²) in [7, 11) is 1.91. The monoisotopic (exact) mass is 285 g/mol. The normalized spacial score (nSPS) is 12.6. The van der Waals surface area contributed by atoms with Gasteiger partial charge in [0.25, 0.3) is 5.56 Å². The zero-order valence-corrected chi connectivity index (χ0v) is 12.9. The van der Waals surface area contributed by atoms with Crippen LogP contribution in [-0.2, 0) is 13.0 Å². The molecule has 2 aromatic rings. The number of hydrogen-bond acceptors (Lipinski definition) is 3. The van der Waals surface area contributed by atoms with Crippen molar-refractivity contribution in [1.29, 1.82) is 0 Å². The molecule has 0 saturated carbocycles. The largest absolute Gasteiger partial charge is 0.312 e. The molecule has 0 aliphatic carbocycles. The van der Waals surface area contributed by atoms with Crippen LogP contribution in [0.2, 0.25) is 0 Å². The third-order valence-electron chi connectivity index (χ3n) is 3.55. The molecule has 1 atom stereocenters. The van der Waals surface area contributed by atoms with Crippen LogP contribution in [0.1, 0.15) is 31.0 Å². The topological polar surface area (TPSA) is 46.9 Å². The molecule has 0 radical (unpaired) electrons. The van der Waals surface area contributed by atoms with Gasteiger partial charge in [0.1, 0.15) is 0 Å². The van der Waals surface area contributed by atoms with Crippen LogP contribution in [0.5, 0.6) is 0 Å². The number of nitrogens with zero attached hydrogens (tertiary/aromatic N) is 2. The number of rotatable bonds is 6. The van der Waals surface area contributed by atoms with Crippen molar-refractivity contribution in [3.63, 3.8) is 0 Å². The van der Waals surface area contributed by atoms with Crippen molar-refractivity contribution >= 4 is 0 Å². The van der Waals surface area contributed by atoms with E-state index in [1.54, 1.807) is 10.9 Å². The Kier molecular flexibility index (Phi) is 5.28. The summed E-state index contributed by atoms with van der Waals surface area (Å²) in [5.74, 6) is 0.657. The second-order valence-electron chi connectivity index (χ2n) is 5.75. The predicted molar refractivity (Wildman–Crippen MR) is 85.3 cm³/mol. The number of likely N-dealkylation sites (N-methyl/N-ethyl adjacent to an activating group) is 1. The lowest BCUT2D eigenvalue weighted by molar-refractivity contribution is 0.486. The van der Waals surface area contributed by atoms with Crippen molar-refractivity contribution in [3.8, 4) is 0 Å². The van der Waals surface area contributed by atoms with E-state index in [9.17, 15) is 4.79 Å². The van der Waals surface area contributed by atoms with E-state index >= 15 is 0 Å². The van der Waals surface area contributed by atoms with Gasteiger partial charge in [-0.1, -0.05) is 38.1 Å². The highest BCUT2D eigenvalue weighted by molar-refractivity contribution is 5.25. The maximum Gasteiger partial charge on any atom is 0.253 e. The predicted octanol–water partition coefficient (Wildman–Crippen LogP) is 2.40. The average molecular weight is 285 g/mol. The highest BCUT2D eigenvalue weighted by Gasteiger charge is 2.11. The van der Waals surface area contributed by atoms with E-state index < -0.39 is 0 Å². The SMILES string of the molecule is CNC(Cn1cnccc1=O)c1ccc(CC(C)C)cc1. The van der Waals surface area contributed by atoms with Crippen molar-refractivity contribution in [1.82, 2.24) is 14.9 Å². The highest BCUT2D eigenvalue weighted by atomic mass is 16.1. The van der Waals surface area contributed by atoms with Crippen molar-refractivity contribution in [2.75, 3.05) is 7.05 Å². The summed E-state index contributed by atoms with van der Waals surface area (Å²) in [4.78, 5) is 15.8. The smallest absolute Gasteiger partial charge is 0.253 e. The van der Waals surface area contributed by atoms with E-state index in [2.05, 4.69) is 48.4 Å². The molecule has 0 amide bonds. The lowest BCUT2D eigenvalue weighted by Crippen LogP contribution is -2.28. The fourth-order valence-electron chi connectivity index (χ4n) is 2.43. The van der Waals surface area contributed by atoms with Crippen molar-refractivity contribution in [3.05, 3.63) is 64.3 Å². The first-order chi connectivity index (χ1) is 10.1. The van der Waals surface area contributed by atoms with Crippen LogP contribution in [0.25, 0.3) is 0 Å². The van der Waals surface area contributed by atoms with Crippen LogP contribution in [0.3, 0.4) is 0 Å². The molecular formula is C17H23N3O. The fraction of sp³-hybridized carbons (Fsp3) is 0.412. The molecule has 0 aliphatic rings. The van der Waals surface area contributed by atoms with Gasteiger partial charge < -0.3 is 5.32 Å². The van der Waals surface area contributed by atoms with E-state index in [1.165, 1.54) is 23.4 Å². The average Bonchev–Trinajstić information content (AvgIpc) is 2.47. The van der Waals surface area contributed by atoms with Crippen LogP contribution < -0.4 is 10.9 Å². The Morgan fingerprint density at radius 3 is 2.48 bits per heavy atom. The van der Waals surface area contributed by atoms with E-state index in [0.29, 0.717) is 12.5 Å². The van der Waals surface area contributed by atoms with Crippen molar-refractivity contribution < 1.29 is 0 Å². The third-order valence-corrected chi connectivity index (χ3v) is 3.55. The van der Waals surface area contributed by atoms with Crippen LogP contribution in [0.15, 0.2) is 47.7 Å². The fourth-order valence-corrected chi connectivity index (χ4v) is 2.43. The summed E-state index contributed by atoms with van der Waals surface area (Å²) in [6.45, 7) is 5.02. The Bertz CT molecular complexity index is 616. The maximum atomic E-state index is 11.8. The lowest BCUT2D eigenvalue weighted by atomic mass is 9.99. The number of hydrogen-bond donors (Lipinski definition) is 1. The van der Waals surface area contributed by atoms with Gasteiger partial charge in [0.05, 0.1) is 12.4 Å². The highest BCUT2D eigenvalue weighted by Crippen LogP contribution is 2.16. The van der Waals surface area contributed by atoms with Crippen molar-refractivity contribution in [2.24, 2.45) is 5.92 Å². The summed E-state index contributed by atoms with van der Waals surface area (Å²) in [5.41, 5.74) is 2.50. The van der Waals surface area contributed by atoms with Gasteiger partial charge in [-0.2, -0.15) is 0 Å². The van der Waals surface area contributed by atoms with Crippen LogP contribution >= 0.6 is 0 Å². The summed E-state index contributed by atoms with van der Waals surface area (Å²) in [6.07, 6.45) is 4.19. The molecule has 1 aromatic carbocycles. The van der Waals surface area contributed by atoms with E-state index in [0.717, 1.165) is 6.42 Å². The molecule has 1 aromatic heterocycles. The summed E-state index contributed by atoms with van der Waals surface area (Å²) in [5, 5.41) is 3.27. The van der Waals surface area contributed by atoms with Crippen LogP contribution in [-0.4, -0.2) is 16.6 Å². The Morgan fingerprint density at radius 2 is 1.90 bits per heavy atom. The third kappa shape index (κ3) is 4.26. The quantitative estimate of drug-likeness (QED) is 0.886. The Morgan fingerprint density at radius 1 is 1.19 bits per heavy atom. The molecule has 4 nitrogen and oxygen atoms in total. The van der Waals surface area contributed by atoms with Gasteiger partial charge in [-0.3, -0.25) is 9.36 Å². The molecule has 0 spiro atoms. The lowest BCUT2D eigenvalue weighted by Gasteiger charge is -2.18. The minimum Gasteiger partial charge on any atom is -0.312 e. The van der Waals surface area contributed by atoms with Gasteiger partial charge in [-0.15, -0.1) is 0 Å². The van der Waals surface area contributed by atoms with Crippen LogP contribution in [0.4, 0.5) is 0 Å². The number of aromatic nitrogens is 2.